The molecule has 1 N–H and O–H groups in total. The number of hydrogen-bond acceptors (Lipinski definition) is 4. The van der Waals surface area contributed by atoms with Gasteiger partial charge >= 0.3 is 5.97 Å². The van der Waals surface area contributed by atoms with Crippen molar-refractivity contribution in [3.63, 3.8) is 0 Å². The molecule has 0 spiro atoms. The molecule has 0 fully saturated rings. The fourth-order valence-corrected chi connectivity index (χ4v) is 2.24. The Bertz CT molecular complexity index is 445. The quantitative estimate of drug-likeness (QED) is 0.800. The Labute approximate surface area is 114 Å². The van der Waals surface area contributed by atoms with E-state index in [1.807, 2.05) is 25.1 Å². The lowest BCUT2D eigenvalue weighted by atomic mass is 10.0. The summed E-state index contributed by atoms with van der Waals surface area (Å²) < 4.78 is 10.6. The highest BCUT2D eigenvalue weighted by atomic mass is 16.5. The Morgan fingerprint density at radius 3 is 3.05 bits per heavy atom. The van der Waals surface area contributed by atoms with E-state index in [2.05, 4.69) is 12.2 Å². The Morgan fingerprint density at radius 2 is 2.32 bits per heavy atom. The number of ether oxygens (including phenoxy) is 2. The molecule has 104 valence electrons. The maximum atomic E-state index is 12.0. The molecule has 4 nitrogen and oxygen atoms in total. The van der Waals surface area contributed by atoms with E-state index >= 15 is 0 Å². The minimum Gasteiger partial charge on any atom is -0.493 e. The molecular weight excluding hydrogens is 242 g/mol. The Morgan fingerprint density at radius 1 is 1.47 bits per heavy atom. The Balaban J connectivity index is 2.19. The molecule has 0 saturated carbocycles. The standard InChI is InChI=1S/C15H21NO3/c1-3-8-16-14(15(17)18-4-2)12-5-6-13-11(10-12)7-9-19-13/h5-6,10,14,16H,3-4,7-9H2,1-2H3. The topological polar surface area (TPSA) is 47.6 Å². The zero-order valence-corrected chi connectivity index (χ0v) is 11.6. The van der Waals surface area contributed by atoms with Crippen molar-refractivity contribution >= 4 is 5.97 Å². The van der Waals surface area contributed by atoms with E-state index < -0.39 is 0 Å². The number of benzene rings is 1. The van der Waals surface area contributed by atoms with Crippen LogP contribution in [0.15, 0.2) is 18.2 Å². The summed E-state index contributed by atoms with van der Waals surface area (Å²) in [5.41, 5.74) is 2.13. The van der Waals surface area contributed by atoms with Crippen LogP contribution in [0, 0.1) is 0 Å². The van der Waals surface area contributed by atoms with Crippen LogP contribution < -0.4 is 10.1 Å². The minimum absolute atomic E-state index is 0.213. The maximum absolute atomic E-state index is 12.0. The molecule has 0 bridgehead atoms. The van der Waals surface area contributed by atoms with Crippen molar-refractivity contribution in [2.75, 3.05) is 19.8 Å². The molecule has 1 aromatic rings. The summed E-state index contributed by atoms with van der Waals surface area (Å²) in [6.07, 6.45) is 1.89. The first kappa shape index (κ1) is 13.9. The fraction of sp³-hybridized carbons (Fsp3) is 0.533. The fourth-order valence-electron chi connectivity index (χ4n) is 2.24. The zero-order chi connectivity index (χ0) is 13.7. The summed E-state index contributed by atoms with van der Waals surface area (Å²) in [5.74, 6) is 0.719. The highest BCUT2D eigenvalue weighted by Crippen LogP contribution is 2.28. The Hall–Kier alpha value is -1.55. The predicted molar refractivity (Wildman–Crippen MR) is 73.3 cm³/mol. The van der Waals surface area contributed by atoms with Gasteiger partial charge in [-0.25, -0.2) is 4.79 Å². The summed E-state index contributed by atoms with van der Waals surface area (Å²) >= 11 is 0. The van der Waals surface area contributed by atoms with Crippen molar-refractivity contribution in [2.24, 2.45) is 0 Å². The van der Waals surface area contributed by atoms with E-state index in [9.17, 15) is 4.79 Å². The lowest BCUT2D eigenvalue weighted by Crippen LogP contribution is -2.30. The first-order valence-corrected chi connectivity index (χ1v) is 6.92. The molecular formula is C15H21NO3. The van der Waals surface area contributed by atoms with Gasteiger partial charge < -0.3 is 14.8 Å². The van der Waals surface area contributed by atoms with Gasteiger partial charge in [0.15, 0.2) is 0 Å². The van der Waals surface area contributed by atoms with Crippen LogP contribution in [0.1, 0.15) is 37.4 Å². The summed E-state index contributed by atoms with van der Waals surface area (Å²) in [6.45, 7) is 5.82. The summed E-state index contributed by atoms with van der Waals surface area (Å²) in [5, 5.41) is 3.25. The van der Waals surface area contributed by atoms with Crippen LogP contribution in [0.25, 0.3) is 0 Å². The highest BCUT2D eigenvalue weighted by Gasteiger charge is 2.23. The number of fused-ring (bicyclic) bond motifs is 1. The lowest BCUT2D eigenvalue weighted by molar-refractivity contribution is -0.145. The summed E-state index contributed by atoms with van der Waals surface area (Å²) in [4.78, 5) is 12.0. The van der Waals surface area contributed by atoms with Gasteiger partial charge in [-0.3, -0.25) is 0 Å². The van der Waals surface area contributed by atoms with Crippen LogP contribution in [-0.4, -0.2) is 25.7 Å². The predicted octanol–water partition coefficient (Wildman–Crippen LogP) is 2.23. The van der Waals surface area contributed by atoms with Crippen LogP contribution in [0.2, 0.25) is 0 Å². The van der Waals surface area contributed by atoms with Gasteiger partial charge in [-0.15, -0.1) is 0 Å². The molecule has 1 unspecified atom stereocenters. The molecule has 1 aliphatic rings. The number of nitrogens with one attached hydrogen (secondary N) is 1. The van der Waals surface area contributed by atoms with Gasteiger partial charge in [0.05, 0.1) is 13.2 Å². The normalized spacial score (nSPS) is 14.6. The average Bonchev–Trinajstić information content (AvgIpc) is 2.87. The molecule has 2 rings (SSSR count). The number of carbonyl (C=O) groups excluding carboxylic acids is 1. The first-order chi connectivity index (χ1) is 9.26. The summed E-state index contributed by atoms with van der Waals surface area (Å²) in [6, 6.07) is 5.55. The second-order valence-corrected chi connectivity index (χ2v) is 4.60. The number of esters is 1. The number of carbonyl (C=O) groups is 1. The minimum atomic E-state index is -0.384. The maximum Gasteiger partial charge on any atom is 0.327 e. The molecule has 0 saturated heterocycles. The van der Waals surface area contributed by atoms with Crippen LogP contribution in [0.3, 0.4) is 0 Å². The van der Waals surface area contributed by atoms with Gasteiger partial charge in [0.1, 0.15) is 11.8 Å². The van der Waals surface area contributed by atoms with Crippen LogP contribution in [0.5, 0.6) is 5.75 Å². The van der Waals surface area contributed by atoms with Gasteiger partial charge in [-0.2, -0.15) is 0 Å². The van der Waals surface area contributed by atoms with E-state index in [1.165, 1.54) is 5.56 Å². The molecule has 0 aromatic heterocycles. The molecule has 0 radical (unpaired) electrons. The van der Waals surface area contributed by atoms with Crippen molar-refractivity contribution < 1.29 is 14.3 Å². The third kappa shape index (κ3) is 3.26. The van der Waals surface area contributed by atoms with E-state index in [4.69, 9.17) is 9.47 Å². The van der Waals surface area contributed by atoms with Crippen LogP contribution in [-0.2, 0) is 16.0 Å². The van der Waals surface area contributed by atoms with Crippen molar-refractivity contribution in [1.82, 2.24) is 5.32 Å². The average molecular weight is 263 g/mol. The number of hydrogen-bond donors (Lipinski definition) is 1. The van der Waals surface area contributed by atoms with Crippen molar-refractivity contribution in [3.05, 3.63) is 29.3 Å². The second kappa shape index (κ2) is 6.57. The third-order valence-electron chi connectivity index (χ3n) is 3.17. The van der Waals surface area contributed by atoms with E-state index in [0.29, 0.717) is 6.61 Å². The van der Waals surface area contributed by atoms with E-state index in [1.54, 1.807) is 0 Å². The lowest BCUT2D eigenvalue weighted by Gasteiger charge is -2.18. The largest absolute Gasteiger partial charge is 0.493 e. The number of rotatable bonds is 6. The second-order valence-electron chi connectivity index (χ2n) is 4.60. The molecule has 0 amide bonds. The first-order valence-electron chi connectivity index (χ1n) is 6.92. The monoisotopic (exact) mass is 263 g/mol. The molecule has 19 heavy (non-hydrogen) atoms. The SMILES string of the molecule is CCCNC(C(=O)OCC)c1ccc2c(c1)CCO2. The smallest absolute Gasteiger partial charge is 0.327 e. The molecule has 1 heterocycles. The molecule has 1 aromatic carbocycles. The van der Waals surface area contributed by atoms with E-state index in [0.717, 1.165) is 37.3 Å². The molecule has 1 aliphatic heterocycles. The highest BCUT2D eigenvalue weighted by molar-refractivity contribution is 5.78. The molecule has 1 atom stereocenters. The van der Waals surface area contributed by atoms with Crippen molar-refractivity contribution in [2.45, 2.75) is 32.7 Å². The van der Waals surface area contributed by atoms with Crippen LogP contribution in [0.4, 0.5) is 0 Å². The zero-order valence-electron chi connectivity index (χ0n) is 11.6. The van der Waals surface area contributed by atoms with Crippen molar-refractivity contribution in [1.29, 1.82) is 0 Å². The van der Waals surface area contributed by atoms with Crippen molar-refractivity contribution in [3.8, 4) is 5.75 Å². The third-order valence-corrected chi connectivity index (χ3v) is 3.17. The van der Waals surface area contributed by atoms with Gasteiger partial charge in [0.2, 0.25) is 0 Å². The van der Waals surface area contributed by atoms with E-state index in [-0.39, 0.29) is 12.0 Å². The molecule has 0 aliphatic carbocycles. The molecule has 4 heteroatoms. The van der Waals surface area contributed by atoms with Crippen LogP contribution >= 0.6 is 0 Å². The summed E-state index contributed by atoms with van der Waals surface area (Å²) in [7, 11) is 0. The van der Waals surface area contributed by atoms with Gasteiger partial charge in [0, 0.05) is 6.42 Å². The van der Waals surface area contributed by atoms with Gasteiger partial charge in [0.25, 0.3) is 0 Å². The van der Waals surface area contributed by atoms with Gasteiger partial charge in [-0.1, -0.05) is 13.0 Å². The Kier molecular flexibility index (Phi) is 4.80. The van der Waals surface area contributed by atoms with Gasteiger partial charge in [-0.05, 0) is 43.1 Å².